The second-order valence-electron chi connectivity index (χ2n) is 15.9. The van der Waals surface area contributed by atoms with Gasteiger partial charge in [0, 0.05) is 70.0 Å². The third-order valence-electron chi connectivity index (χ3n) is 12.4. The first kappa shape index (κ1) is 36.9. The zero-order valence-electron chi connectivity index (χ0n) is 31.1. The van der Waals surface area contributed by atoms with E-state index in [1.54, 1.807) is 25.4 Å². The van der Waals surface area contributed by atoms with Crippen LogP contribution in [0.3, 0.4) is 0 Å². The van der Waals surface area contributed by atoms with E-state index < -0.39 is 29.7 Å². The average molecular weight is 769 g/mol. The molecule has 5 aliphatic heterocycles. The molecule has 2 aromatic carbocycles. The maximum atomic E-state index is 13.6. The molecular weight excluding hydrogens is 724 g/mol. The summed E-state index contributed by atoms with van der Waals surface area (Å²) in [5, 5.41) is 9.90. The van der Waals surface area contributed by atoms with Gasteiger partial charge in [-0.15, -0.1) is 0 Å². The summed E-state index contributed by atoms with van der Waals surface area (Å²) >= 11 is 6.32. The van der Waals surface area contributed by atoms with Crippen molar-refractivity contribution >= 4 is 52.5 Å². The molecule has 1 unspecified atom stereocenters. The molecule has 4 fully saturated rings. The van der Waals surface area contributed by atoms with Gasteiger partial charge in [0.05, 0.1) is 23.0 Å². The molecule has 15 heteroatoms. The van der Waals surface area contributed by atoms with Gasteiger partial charge in [-0.2, -0.15) is 5.10 Å². The fraction of sp³-hybridized carbons (Fsp3) is 0.475. The quantitative estimate of drug-likeness (QED) is 0.357. The van der Waals surface area contributed by atoms with Crippen LogP contribution in [-0.2, 0) is 16.6 Å². The molecule has 4 saturated heterocycles. The molecule has 14 nitrogen and oxygen atoms in total. The zero-order valence-corrected chi connectivity index (χ0v) is 31.8. The van der Waals surface area contributed by atoms with Crippen LogP contribution in [0.4, 0.5) is 11.4 Å². The summed E-state index contributed by atoms with van der Waals surface area (Å²) in [7, 11) is 3.65. The molecule has 1 aromatic heterocycles. The van der Waals surface area contributed by atoms with Crippen LogP contribution < -0.4 is 21.1 Å². The Morgan fingerprint density at radius 3 is 2.29 bits per heavy atom. The van der Waals surface area contributed by atoms with E-state index in [1.807, 2.05) is 23.1 Å². The number of fused-ring (bicyclic) bond motifs is 1. The number of aryl methyl sites for hydroxylation is 1. The summed E-state index contributed by atoms with van der Waals surface area (Å²) in [6, 6.07) is 12.4. The van der Waals surface area contributed by atoms with E-state index in [0.717, 1.165) is 68.9 Å². The molecule has 3 aromatic rings. The molecule has 1 spiro atoms. The highest BCUT2D eigenvalue weighted by Gasteiger charge is 2.45. The molecule has 288 valence electrons. The number of anilines is 2. The summed E-state index contributed by atoms with van der Waals surface area (Å²) in [5.41, 5.74) is 3.64. The number of benzene rings is 2. The van der Waals surface area contributed by atoms with Crippen molar-refractivity contribution in [3.05, 3.63) is 86.3 Å². The second-order valence-corrected chi connectivity index (χ2v) is 16.3. The maximum absolute atomic E-state index is 13.6. The summed E-state index contributed by atoms with van der Waals surface area (Å²) in [4.78, 5) is 84.0. The number of piperidine rings is 4. The van der Waals surface area contributed by atoms with Gasteiger partial charge in [-0.05, 0) is 92.8 Å². The van der Waals surface area contributed by atoms with Gasteiger partial charge in [-0.3, -0.25) is 39.0 Å². The van der Waals surface area contributed by atoms with Gasteiger partial charge >= 0.3 is 0 Å². The van der Waals surface area contributed by atoms with Gasteiger partial charge in [0.1, 0.15) is 11.1 Å². The van der Waals surface area contributed by atoms with E-state index in [4.69, 9.17) is 11.6 Å². The fourth-order valence-corrected chi connectivity index (χ4v) is 9.38. The van der Waals surface area contributed by atoms with Crippen LogP contribution in [0.25, 0.3) is 0 Å². The molecule has 0 saturated carbocycles. The van der Waals surface area contributed by atoms with Gasteiger partial charge in [-0.25, -0.2) is 4.68 Å². The van der Waals surface area contributed by atoms with Gasteiger partial charge < -0.3 is 20.0 Å². The van der Waals surface area contributed by atoms with Crippen molar-refractivity contribution in [2.45, 2.75) is 62.9 Å². The number of nitrogens with zero attached hydrogens (tertiary/aromatic N) is 6. The Bertz CT molecular complexity index is 2120. The lowest BCUT2D eigenvalue weighted by Crippen LogP contribution is -2.54. The second kappa shape index (κ2) is 14.5. The van der Waals surface area contributed by atoms with Crippen molar-refractivity contribution < 1.29 is 24.0 Å². The number of hydrogen-bond donors (Lipinski definition) is 2. The van der Waals surface area contributed by atoms with Crippen LogP contribution in [0.1, 0.15) is 87.5 Å². The fourth-order valence-electron chi connectivity index (χ4n) is 9.16. The Morgan fingerprint density at radius 1 is 0.891 bits per heavy atom. The molecule has 8 rings (SSSR count). The summed E-state index contributed by atoms with van der Waals surface area (Å²) in [6.45, 7) is 4.69. The lowest BCUT2D eigenvalue weighted by atomic mass is 9.71. The Hall–Kier alpha value is -5.08. The van der Waals surface area contributed by atoms with Gasteiger partial charge in [0.2, 0.25) is 11.8 Å². The third-order valence-corrected chi connectivity index (χ3v) is 12.8. The highest BCUT2D eigenvalue weighted by atomic mass is 35.5. The average Bonchev–Trinajstić information content (AvgIpc) is 3.43. The summed E-state index contributed by atoms with van der Waals surface area (Å²) in [6.07, 6.45) is 6.43. The number of likely N-dealkylation sites (N-methyl/N-ethyl adjacent to an activating group) is 1. The van der Waals surface area contributed by atoms with Crippen molar-refractivity contribution in [2.75, 3.05) is 56.5 Å². The summed E-state index contributed by atoms with van der Waals surface area (Å²) in [5.74, 6) is -1.72. The first-order valence-corrected chi connectivity index (χ1v) is 19.4. The number of rotatable bonds is 6. The molecule has 5 amide bonds. The van der Waals surface area contributed by atoms with Crippen molar-refractivity contribution in [1.29, 1.82) is 0 Å². The number of imide groups is 2. The van der Waals surface area contributed by atoms with Crippen LogP contribution in [0.2, 0.25) is 5.02 Å². The van der Waals surface area contributed by atoms with Crippen molar-refractivity contribution in [3.63, 3.8) is 0 Å². The van der Waals surface area contributed by atoms with E-state index in [2.05, 4.69) is 44.7 Å². The minimum atomic E-state index is -0.986. The van der Waals surface area contributed by atoms with Crippen LogP contribution in [0.5, 0.6) is 0 Å². The van der Waals surface area contributed by atoms with Gasteiger partial charge in [0.25, 0.3) is 23.3 Å². The normalized spacial score (nSPS) is 24.3. The number of carbonyl (C=O) groups excluding carboxylic acids is 5. The SMILES string of the molecule is CN1C[C@H](Nc2cnn(C)c(=O)c2Cl)C[C@H](c2ccc(C(=O)N3CCC4(CC3)CCN(c3ccc5c(c3)C(=O)N(C3CCC(=O)NC3=O)C5=O)CC4)cc2)C1. The molecule has 0 aliphatic carbocycles. The van der Waals surface area contributed by atoms with Crippen molar-refractivity contribution in [2.24, 2.45) is 12.5 Å². The van der Waals surface area contributed by atoms with Gasteiger partial charge in [-0.1, -0.05) is 23.7 Å². The molecule has 6 heterocycles. The minimum absolute atomic E-state index is 0.0515. The molecular formula is C40H45ClN8O6. The number of nitrogens with one attached hydrogen (secondary N) is 2. The zero-order chi connectivity index (χ0) is 38.6. The lowest BCUT2D eigenvalue weighted by molar-refractivity contribution is -0.136. The largest absolute Gasteiger partial charge is 0.378 e. The van der Waals surface area contributed by atoms with E-state index in [1.165, 1.54) is 10.2 Å². The molecule has 5 aliphatic rings. The first-order chi connectivity index (χ1) is 26.4. The predicted molar refractivity (Wildman–Crippen MR) is 205 cm³/mol. The monoisotopic (exact) mass is 768 g/mol. The number of amides is 5. The molecule has 3 atom stereocenters. The number of aromatic nitrogens is 2. The summed E-state index contributed by atoms with van der Waals surface area (Å²) < 4.78 is 1.22. The highest BCUT2D eigenvalue weighted by molar-refractivity contribution is 6.33. The third kappa shape index (κ3) is 7.01. The van der Waals surface area contributed by atoms with Gasteiger partial charge in [0.15, 0.2) is 0 Å². The van der Waals surface area contributed by atoms with Crippen molar-refractivity contribution in [1.82, 2.24) is 29.8 Å². The van der Waals surface area contributed by atoms with Crippen LogP contribution in [0.15, 0.2) is 53.5 Å². The molecule has 0 bridgehead atoms. The standard InChI is InChI=1S/C40H45ClN8O6/c1-45-22-26(19-27(23-45)43-31-21-42-46(2)39(55)34(31)41)24-3-5-25(6-4-24)36(52)48-17-13-40(14-18-48)11-15-47(16-12-40)28-7-8-29-30(20-28)38(54)49(37(29)53)32-9-10-33(50)44-35(32)51/h3-8,20-21,26-27,32,43H,9-19,22-23H2,1-2H3,(H,44,50,51)/t26-,27+,32?/m0/s1. The molecule has 0 radical (unpaired) electrons. The highest BCUT2D eigenvalue weighted by Crippen LogP contribution is 2.43. The Labute approximate surface area is 323 Å². The Morgan fingerprint density at radius 2 is 1.58 bits per heavy atom. The molecule has 55 heavy (non-hydrogen) atoms. The number of hydrogen-bond acceptors (Lipinski definition) is 10. The number of likely N-dealkylation sites (tertiary alicyclic amines) is 2. The molecule has 2 N–H and O–H groups in total. The first-order valence-electron chi connectivity index (χ1n) is 19.1. The van der Waals surface area contributed by atoms with E-state index in [0.29, 0.717) is 29.9 Å². The maximum Gasteiger partial charge on any atom is 0.287 e. The topological polar surface area (TPSA) is 157 Å². The van der Waals surface area contributed by atoms with Crippen molar-refractivity contribution in [3.8, 4) is 0 Å². The Kier molecular flexibility index (Phi) is 9.74. The van der Waals surface area contributed by atoms with E-state index in [-0.39, 0.29) is 52.3 Å². The van der Waals surface area contributed by atoms with E-state index >= 15 is 0 Å². The number of carbonyl (C=O) groups is 5. The Balaban J connectivity index is 0.844. The van der Waals surface area contributed by atoms with Crippen LogP contribution >= 0.6 is 11.6 Å². The number of halogens is 1. The van der Waals surface area contributed by atoms with Crippen LogP contribution in [-0.4, -0.2) is 112 Å². The van der Waals surface area contributed by atoms with E-state index in [9.17, 15) is 28.8 Å². The van der Waals surface area contributed by atoms with Crippen LogP contribution in [0, 0.1) is 5.41 Å². The smallest absolute Gasteiger partial charge is 0.287 e. The minimum Gasteiger partial charge on any atom is -0.378 e. The lowest BCUT2D eigenvalue weighted by Gasteiger charge is -2.47. The predicted octanol–water partition coefficient (Wildman–Crippen LogP) is 3.26.